The largest absolute Gasteiger partial charge is 0.454 e. The van der Waals surface area contributed by atoms with Crippen LogP contribution in [-0.2, 0) is 17.8 Å². The first kappa shape index (κ1) is 24.9. The molecule has 200 valence electrons. The van der Waals surface area contributed by atoms with Gasteiger partial charge in [-0.1, -0.05) is 24.3 Å². The smallest absolute Gasteiger partial charge is 0.263 e. The maximum Gasteiger partial charge on any atom is 0.263 e. The minimum atomic E-state index is -0.343. The molecule has 1 atom stereocenters. The van der Waals surface area contributed by atoms with Gasteiger partial charge in [-0.05, 0) is 66.8 Å². The maximum absolute atomic E-state index is 13.5. The number of carbonyl (C=O) groups excluding carboxylic acids is 3. The lowest BCUT2D eigenvalue weighted by Crippen LogP contribution is -2.44. The summed E-state index contributed by atoms with van der Waals surface area (Å²) in [4.78, 5) is 43.0. The highest BCUT2D eigenvalue weighted by Crippen LogP contribution is 2.36. The van der Waals surface area contributed by atoms with Gasteiger partial charge < -0.3 is 19.7 Å². The number of amides is 3. The molecular formula is C30H28FN3O5. The Morgan fingerprint density at radius 3 is 2.69 bits per heavy atom. The molecule has 1 fully saturated rings. The molecule has 1 saturated heterocycles. The second-order valence-electron chi connectivity index (χ2n) is 10.0. The van der Waals surface area contributed by atoms with Crippen LogP contribution in [0.5, 0.6) is 11.5 Å². The molecule has 0 radical (unpaired) electrons. The highest BCUT2D eigenvalue weighted by atomic mass is 19.1. The molecule has 9 heteroatoms. The zero-order valence-electron chi connectivity index (χ0n) is 21.3. The zero-order chi connectivity index (χ0) is 26.9. The Morgan fingerprint density at radius 2 is 1.82 bits per heavy atom. The highest BCUT2D eigenvalue weighted by Gasteiger charge is 2.39. The number of nitrogens with one attached hydrogen (secondary N) is 1. The quantitative estimate of drug-likeness (QED) is 0.467. The Morgan fingerprint density at radius 1 is 0.974 bits per heavy atom. The van der Waals surface area contributed by atoms with Crippen molar-refractivity contribution in [2.75, 3.05) is 31.3 Å². The summed E-state index contributed by atoms with van der Waals surface area (Å²) in [5.41, 5.74) is 3.03. The fraction of sp³-hybridized carbons (Fsp3) is 0.300. The van der Waals surface area contributed by atoms with Gasteiger partial charge in [-0.3, -0.25) is 19.3 Å². The summed E-state index contributed by atoms with van der Waals surface area (Å²) in [7, 11) is 0. The average molecular weight is 530 g/mol. The van der Waals surface area contributed by atoms with Gasteiger partial charge in [0.25, 0.3) is 11.8 Å². The Hall–Kier alpha value is -4.40. The SMILES string of the molecule is O=C(NCCc1cccc(F)c1)C1CCCN(c2cccc3c2C(=O)N(Cc2ccc4c(c2)OCO4)C3=O)C1. The van der Waals surface area contributed by atoms with Gasteiger partial charge in [0.1, 0.15) is 5.82 Å². The number of nitrogens with zero attached hydrogens (tertiary/aromatic N) is 2. The lowest BCUT2D eigenvalue weighted by Gasteiger charge is -2.34. The van der Waals surface area contributed by atoms with Crippen LogP contribution in [0.3, 0.4) is 0 Å². The number of hydrogen-bond donors (Lipinski definition) is 1. The van der Waals surface area contributed by atoms with Crippen LogP contribution in [0.2, 0.25) is 0 Å². The number of hydrogen-bond acceptors (Lipinski definition) is 6. The second-order valence-corrected chi connectivity index (χ2v) is 10.0. The van der Waals surface area contributed by atoms with Crippen molar-refractivity contribution in [3.63, 3.8) is 0 Å². The van der Waals surface area contributed by atoms with E-state index in [0.29, 0.717) is 54.4 Å². The molecule has 3 aromatic rings. The van der Waals surface area contributed by atoms with E-state index in [1.807, 2.05) is 23.1 Å². The standard InChI is InChI=1S/C30H28FN3O5/c31-22-6-1-4-19(14-22)11-12-32-28(35)21-5-3-13-33(17-21)24-8-2-7-23-27(24)30(37)34(29(23)36)16-20-9-10-25-26(15-20)39-18-38-25/h1-2,4,6-10,14-15,21H,3,5,11-13,16-18H2,(H,32,35). The van der Waals surface area contributed by atoms with E-state index in [2.05, 4.69) is 5.32 Å². The summed E-state index contributed by atoms with van der Waals surface area (Å²) in [6, 6.07) is 17.1. The fourth-order valence-corrected chi connectivity index (χ4v) is 5.52. The monoisotopic (exact) mass is 529 g/mol. The lowest BCUT2D eigenvalue weighted by atomic mass is 9.95. The van der Waals surface area contributed by atoms with E-state index >= 15 is 0 Å². The van der Waals surface area contributed by atoms with Gasteiger partial charge in [-0.25, -0.2) is 4.39 Å². The van der Waals surface area contributed by atoms with Crippen molar-refractivity contribution in [1.82, 2.24) is 10.2 Å². The Labute approximate surface area is 225 Å². The van der Waals surface area contributed by atoms with Crippen LogP contribution in [0.15, 0.2) is 60.7 Å². The zero-order valence-corrected chi connectivity index (χ0v) is 21.3. The normalized spacial score (nSPS) is 17.9. The highest BCUT2D eigenvalue weighted by molar-refractivity contribution is 6.23. The summed E-state index contributed by atoms with van der Waals surface area (Å²) in [6.45, 7) is 1.83. The molecule has 1 unspecified atom stereocenters. The number of benzene rings is 3. The van der Waals surface area contributed by atoms with Crippen molar-refractivity contribution in [2.45, 2.75) is 25.8 Å². The van der Waals surface area contributed by atoms with Crippen molar-refractivity contribution < 1.29 is 28.2 Å². The Kier molecular flexibility index (Phi) is 6.64. The van der Waals surface area contributed by atoms with Crippen molar-refractivity contribution in [3.8, 4) is 11.5 Å². The number of anilines is 1. The molecule has 0 bridgehead atoms. The number of fused-ring (bicyclic) bond motifs is 2. The number of halogens is 1. The predicted octanol–water partition coefficient (Wildman–Crippen LogP) is 3.93. The third-order valence-corrected chi connectivity index (χ3v) is 7.49. The number of rotatable bonds is 7. The number of piperidine rings is 1. The van der Waals surface area contributed by atoms with Crippen LogP contribution in [0.25, 0.3) is 0 Å². The number of imide groups is 1. The Bertz CT molecular complexity index is 1460. The molecule has 3 aromatic carbocycles. The molecule has 6 rings (SSSR count). The third-order valence-electron chi connectivity index (χ3n) is 7.49. The van der Waals surface area contributed by atoms with E-state index in [1.54, 1.807) is 30.3 Å². The maximum atomic E-state index is 13.5. The fourth-order valence-electron chi connectivity index (χ4n) is 5.52. The average Bonchev–Trinajstić information content (AvgIpc) is 3.51. The topological polar surface area (TPSA) is 88.2 Å². The van der Waals surface area contributed by atoms with Gasteiger partial charge in [-0.2, -0.15) is 0 Å². The molecule has 3 heterocycles. The Balaban J connectivity index is 1.14. The summed E-state index contributed by atoms with van der Waals surface area (Å²) in [5, 5.41) is 2.98. The molecular weight excluding hydrogens is 501 g/mol. The van der Waals surface area contributed by atoms with E-state index in [-0.39, 0.29) is 42.8 Å². The van der Waals surface area contributed by atoms with Crippen LogP contribution in [0, 0.1) is 11.7 Å². The molecule has 3 aliphatic heterocycles. The van der Waals surface area contributed by atoms with Crippen molar-refractivity contribution in [1.29, 1.82) is 0 Å². The van der Waals surface area contributed by atoms with Gasteiger partial charge in [0, 0.05) is 19.6 Å². The van der Waals surface area contributed by atoms with Crippen LogP contribution in [0.4, 0.5) is 10.1 Å². The van der Waals surface area contributed by atoms with Crippen LogP contribution < -0.4 is 19.7 Å². The molecule has 0 spiro atoms. The van der Waals surface area contributed by atoms with E-state index in [1.165, 1.54) is 17.0 Å². The van der Waals surface area contributed by atoms with E-state index < -0.39 is 0 Å². The first-order valence-corrected chi connectivity index (χ1v) is 13.1. The molecule has 8 nitrogen and oxygen atoms in total. The van der Waals surface area contributed by atoms with Gasteiger partial charge in [0.15, 0.2) is 11.5 Å². The van der Waals surface area contributed by atoms with Crippen LogP contribution >= 0.6 is 0 Å². The minimum absolute atomic E-state index is 0.0597. The van der Waals surface area contributed by atoms with Gasteiger partial charge in [0.05, 0.1) is 29.3 Å². The molecule has 39 heavy (non-hydrogen) atoms. The van der Waals surface area contributed by atoms with E-state index in [9.17, 15) is 18.8 Å². The summed E-state index contributed by atoms with van der Waals surface area (Å²) < 4.78 is 24.2. The van der Waals surface area contributed by atoms with Crippen molar-refractivity contribution in [2.24, 2.45) is 5.92 Å². The molecule has 0 saturated carbocycles. The van der Waals surface area contributed by atoms with Gasteiger partial charge >= 0.3 is 0 Å². The third kappa shape index (κ3) is 4.92. The first-order valence-electron chi connectivity index (χ1n) is 13.1. The van der Waals surface area contributed by atoms with Crippen LogP contribution in [-0.4, -0.2) is 49.0 Å². The van der Waals surface area contributed by atoms with Gasteiger partial charge in [-0.15, -0.1) is 0 Å². The molecule has 0 aliphatic carbocycles. The number of carbonyl (C=O) groups is 3. The molecule has 0 aromatic heterocycles. The lowest BCUT2D eigenvalue weighted by molar-refractivity contribution is -0.125. The molecule has 3 aliphatic rings. The van der Waals surface area contributed by atoms with E-state index in [0.717, 1.165) is 24.0 Å². The van der Waals surface area contributed by atoms with Crippen molar-refractivity contribution in [3.05, 3.63) is 88.7 Å². The molecule has 1 N–H and O–H groups in total. The van der Waals surface area contributed by atoms with Crippen LogP contribution in [0.1, 0.15) is 44.7 Å². The minimum Gasteiger partial charge on any atom is -0.454 e. The van der Waals surface area contributed by atoms with Crippen molar-refractivity contribution >= 4 is 23.4 Å². The number of ether oxygens (including phenoxy) is 2. The summed E-state index contributed by atoms with van der Waals surface area (Å²) in [5.74, 6) is -0.0447. The summed E-state index contributed by atoms with van der Waals surface area (Å²) >= 11 is 0. The second kappa shape index (κ2) is 10.4. The molecule has 3 amide bonds. The van der Waals surface area contributed by atoms with E-state index in [4.69, 9.17) is 9.47 Å². The summed E-state index contributed by atoms with van der Waals surface area (Å²) in [6.07, 6.45) is 2.07. The van der Waals surface area contributed by atoms with Gasteiger partial charge in [0.2, 0.25) is 12.7 Å². The predicted molar refractivity (Wildman–Crippen MR) is 141 cm³/mol. The first-order chi connectivity index (χ1) is 19.0.